The topological polar surface area (TPSA) is 56.7 Å². The van der Waals surface area contributed by atoms with E-state index in [1.807, 2.05) is 4.90 Å². The van der Waals surface area contributed by atoms with Crippen LogP contribution in [0.15, 0.2) is 53.5 Å². The van der Waals surface area contributed by atoms with Gasteiger partial charge in [0.05, 0.1) is 0 Å². The number of rotatable bonds is 7. The number of nitrogens with one attached hydrogen (secondary N) is 2. The number of nitrogens with zero attached hydrogens (tertiary/aromatic N) is 2. The molecule has 0 radical (unpaired) electrons. The molecule has 0 aromatic heterocycles. The van der Waals surface area contributed by atoms with Crippen LogP contribution < -0.4 is 10.6 Å². The molecule has 174 valence electrons. The van der Waals surface area contributed by atoms with Crippen LogP contribution in [0.2, 0.25) is 0 Å². The Morgan fingerprint density at radius 2 is 1.75 bits per heavy atom. The summed E-state index contributed by atoms with van der Waals surface area (Å²) >= 11 is 0. The van der Waals surface area contributed by atoms with Crippen LogP contribution in [-0.4, -0.2) is 36.9 Å². The second kappa shape index (κ2) is 12.2. The Hall–Kier alpha value is -2.09. The highest BCUT2D eigenvalue weighted by atomic mass is 127. The van der Waals surface area contributed by atoms with Crippen molar-refractivity contribution in [1.82, 2.24) is 15.5 Å². The fraction of sp³-hybridized carbons (Fsp3) is 0.462. The third kappa shape index (κ3) is 7.80. The maximum Gasteiger partial charge on any atom is 0.222 e. The first-order valence-electron chi connectivity index (χ1n) is 11.2. The molecule has 1 aliphatic heterocycles. The molecule has 1 aliphatic rings. The van der Waals surface area contributed by atoms with E-state index in [0.29, 0.717) is 19.5 Å². The molecule has 1 fully saturated rings. The lowest BCUT2D eigenvalue weighted by atomic mass is 9.86. The summed E-state index contributed by atoms with van der Waals surface area (Å²) < 4.78 is 0. The van der Waals surface area contributed by atoms with Gasteiger partial charge >= 0.3 is 0 Å². The number of hydrogen-bond donors (Lipinski definition) is 2. The minimum atomic E-state index is 0. The summed E-state index contributed by atoms with van der Waals surface area (Å²) in [5.41, 5.74) is 5.23. The van der Waals surface area contributed by atoms with Crippen molar-refractivity contribution in [2.75, 3.05) is 20.1 Å². The summed E-state index contributed by atoms with van der Waals surface area (Å²) in [7, 11) is 1.79. The Kier molecular flexibility index (Phi) is 10.0. The second-order valence-electron chi connectivity index (χ2n) is 9.29. The maximum atomic E-state index is 11.9. The van der Waals surface area contributed by atoms with Crippen molar-refractivity contribution >= 4 is 35.8 Å². The Morgan fingerprint density at radius 1 is 1.03 bits per heavy atom. The minimum absolute atomic E-state index is 0. The molecule has 0 spiro atoms. The largest absolute Gasteiger partial charge is 0.356 e. The number of carbonyl (C=O) groups excluding carboxylic acids is 1. The van der Waals surface area contributed by atoms with E-state index in [2.05, 4.69) is 84.9 Å². The Morgan fingerprint density at radius 3 is 2.38 bits per heavy atom. The molecule has 0 bridgehead atoms. The molecule has 1 saturated heterocycles. The van der Waals surface area contributed by atoms with E-state index in [9.17, 15) is 4.79 Å². The highest BCUT2D eigenvalue weighted by molar-refractivity contribution is 14.0. The van der Waals surface area contributed by atoms with Gasteiger partial charge in [-0.25, -0.2) is 0 Å². The van der Waals surface area contributed by atoms with Crippen LogP contribution >= 0.6 is 24.0 Å². The maximum absolute atomic E-state index is 11.9. The van der Waals surface area contributed by atoms with Gasteiger partial charge in [0.1, 0.15) is 0 Å². The van der Waals surface area contributed by atoms with Crippen molar-refractivity contribution in [3.63, 3.8) is 0 Å². The van der Waals surface area contributed by atoms with Gasteiger partial charge in [-0.15, -0.1) is 24.0 Å². The molecule has 1 heterocycles. The van der Waals surface area contributed by atoms with Crippen molar-refractivity contribution in [2.45, 2.75) is 58.5 Å². The van der Waals surface area contributed by atoms with Gasteiger partial charge in [0, 0.05) is 39.6 Å². The molecule has 2 aromatic rings. The van der Waals surface area contributed by atoms with E-state index in [1.54, 1.807) is 7.05 Å². The molecule has 2 N–H and O–H groups in total. The molecular formula is C26H37IN4O. The fourth-order valence-corrected chi connectivity index (χ4v) is 3.83. The molecule has 1 amide bonds. The minimum Gasteiger partial charge on any atom is -0.356 e. The summed E-state index contributed by atoms with van der Waals surface area (Å²) in [6.07, 6.45) is 2.61. The molecule has 0 aliphatic carbocycles. The standard InChI is InChI=1S/C26H36N4O.HI/c1-26(2,3)23-12-10-20(11-13-23)14-15-28-25(27-4)29-18-21-7-5-8-22(17-21)19-30-16-6-9-24(30)31;/h5,7-8,10-13,17H,6,9,14-16,18-19H2,1-4H3,(H2,27,28,29);1H. The quantitative estimate of drug-likeness (QED) is 0.302. The number of aliphatic imine (C=N–C) groups is 1. The van der Waals surface area contributed by atoms with Crippen molar-refractivity contribution in [3.05, 3.63) is 70.8 Å². The summed E-state index contributed by atoms with van der Waals surface area (Å²) in [6, 6.07) is 17.3. The first kappa shape index (κ1) is 26.2. The molecule has 32 heavy (non-hydrogen) atoms. The third-order valence-electron chi connectivity index (χ3n) is 5.75. The van der Waals surface area contributed by atoms with Gasteiger partial charge in [0.2, 0.25) is 5.91 Å². The molecule has 0 saturated carbocycles. The smallest absolute Gasteiger partial charge is 0.222 e. The van der Waals surface area contributed by atoms with Crippen molar-refractivity contribution in [3.8, 4) is 0 Å². The summed E-state index contributed by atoms with van der Waals surface area (Å²) in [6.45, 7) is 9.81. The fourth-order valence-electron chi connectivity index (χ4n) is 3.83. The normalized spacial score (nSPS) is 14.3. The first-order chi connectivity index (χ1) is 14.8. The molecule has 0 unspecified atom stereocenters. The van der Waals surface area contributed by atoms with Crippen molar-refractivity contribution in [2.24, 2.45) is 4.99 Å². The van der Waals surface area contributed by atoms with Gasteiger partial charge in [-0.2, -0.15) is 0 Å². The second-order valence-corrected chi connectivity index (χ2v) is 9.29. The van der Waals surface area contributed by atoms with E-state index in [-0.39, 0.29) is 35.3 Å². The molecular weight excluding hydrogens is 511 g/mol. The summed E-state index contributed by atoms with van der Waals surface area (Å²) in [4.78, 5) is 18.2. The number of carbonyl (C=O) groups is 1. The van der Waals surface area contributed by atoms with E-state index >= 15 is 0 Å². The van der Waals surface area contributed by atoms with E-state index in [4.69, 9.17) is 0 Å². The van der Waals surface area contributed by atoms with Crippen LogP contribution in [0, 0.1) is 0 Å². The monoisotopic (exact) mass is 548 g/mol. The van der Waals surface area contributed by atoms with Gasteiger partial charge in [-0.3, -0.25) is 9.79 Å². The number of amides is 1. The van der Waals surface area contributed by atoms with Crippen LogP contribution in [0.3, 0.4) is 0 Å². The van der Waals surface area contributed by atoms with Crippen LogP contribution in [0.4, 0.5) is 0 Å². The molecule has 5 nitrogen and oxygen atoms in total. The molecule has 3 rings (SSSR count). The number of benzene rings is 2. The number of likely N-dealkylation sites (tertiary alicyclic amines) is 1. The first-order valence-corrected chi connectivity index (χ1v) is 11.2. The van der Waals surface area contributed by atoms with Gasteiger partial charge < -0.3 is 15.5 Å². The summed E-state index contributed by atoms with van der Waals surface area (Å²) in [5, 5.41) is 6.79. The SMILES string of the molecule is CN=C(NCCc1ccc(C(C)(C)C)cc1)NCc1cccc(CN2CCCC2=O)c1.I. The average Bonchev–Trinajstić information content (AvgIpc) is 3.15. The van der Waals surface area contributed by atoms with Gasteiger partial charge in [0.15, 0.2) is 5.96 Å². The number of hydrogen-bond acceptors (Lipinski definition) is 2. The predicted octanol–water partition coefficient (Wildman–Crippen LogP) is 4.63. The zero-order valence-electron chi connectivity index (χ0n) is 19.8. The van der Waals surface area contributed by atoms with E-state index in [0.717, 1.165) is 31.9 Å². The van der Waals surface area contributed by atoms with Gasteiger partial charge in [0.25, 0.3) is 0 Å². The van der Waals surface area contributed by atoms with E-state index in [1.165, 1.54) is 22.3 Å². The lowest BCUT2D eigenvalue weighted by molar-refractivity contribution is -0.128. The number of guanidine groups is 1. The van der Waals surface area contributed by atoms with Crippen LogP contribution in [0.1, 0.15) is 55.9 Å². The molecule has 0 atom stereocenters. The molecule has 2 aromatic carbocycles. The van der Waals surface area contributed by atoms with Crippen LogP contribution in [0.5, 0.6) is 0 Å². The van der Waals surface area contributed by atoms with Crippen LogP contribution in [-0.2, 0) is 29.7 Å². The lowest BCUT2D eigenvalue weighted by Gasteiger charge is -2.19. The summed E-state index contributed by atoms with van der Waals surface area (Å²) in [5.74, 6) is 1.06. The number of halogens is 1. The molecule has 6 heteroatoms. The zero-order chi connectivity index (χ0) is 22.3. The predicted molar refractivity (Wildman–Crippen MR) is 144 cm³/mol. The highest BCUT2D eigenvalue weighted by Gasteiger charge is 2.20. The van der Waals surface area contributed by atoms with Crippen LogP contribution in [0.25, 0.3) is 0 Å². The third-order valence-corrected chi connectivity index (χ3v) is 5.75. The van der Waals surface area contributed by atoms with Crippen molar-refractivity contribution < 1.29 is 4.79 Å². The highest BCUT2D eigenvalue weighted by Crippen LogP contribution is 2.22. The van der Waals surface area contributed by atoms with Gasteiger partial charge in [-0.05, 0) is 40.5 Å². The Labute approximate surface area is 210 Å². The van der Waals surface area contributed by atoms with E-state index < -0.39 is 0 Å². The van der Waals surface area contributed by atoms with Crippen molar-refractivity contribution in [1.29, 1.82) is 0 Å². The average molecular weight is 549 g/mol. The zero-order valence-corrected chi connectivity index (χ0v) is 22.1. The van der Waals surface area contributed by atoms with Gasteiger partial charge in [-0.1, -0.05) is 69.3 Å². The Bertz CT molecular complexity index is 903. The lowest BCUT2D eigenvalue weighted by Crippen LogP contribution is -2.37. The Balaban J connectivity index is 0.00000363.